The van der Waals surface area contributed by atoms with E-state index in [0.717, 1.165) is 19.3 Å². The summed E-state index contributed by atoms with van der Waals surface area (Å²) in [5.41, 5.74) is 0.791. The monoisotopic (exact) mass is 393 g/mol. The molecule has 27 heavy (non-hydrogen) atoms. The first-order chi connectivity index (χ1) is 12.7. The summed E-state index contributed by atoms with van der Waals surface area (Å²) in [6.07, 6.45) is 2.65. The summed E-state index contributed by atoms with van der Waals surface area (Å²) in [6, 6.07) is 6.59. The Morgan fingerprint density at radius 3 is 2.67 bits per heavy atom. The topological polar surface area (TPSA) is 80.8 Å². The average Bonchev–Trinajstić information content (AvgIpc) is 2.58. The molecule has 0 aromatic heterocycles. The van der Waals surface area contributed by atoms with Crippen molar-refractivity contribution in [2.75, 3.05) is 6.54 Å². The van der Waals surface area contributed by atoms with Crippen LogP contribution in [0.4, 0.5) is 0 Å². The van der Waals surface area contributed by atoms with E-state index in [-0.39, 0.29) is 17.8 Å². The van der Waals surface area contributed by atoms with E-state index in [1.54, 1.807) is 24.3 Å². The molecule has 3 atom stereocenters. The summed E-state index contributed by atoms with van der Waals surface area (Å²) in [5, 5.41) is 0. The van der Waals surface area contributed by atoms with Gasteiger partial charge in [0.1, 0.15) is 12.6 Å². The molecule has 1 heterocycles. The second kappa shape index (κ2) is 7.62. The molecule has 1 saturated carbocycles. The number of hydrogen-bond donors (Lipinski definition) is 0. The third-order valence-electron chi connectivity index (χ3n) is 5.66. The lowest BCUT2D eigenvalue weighted by molar-refractivity contribution is -0.155. The van der Waals surface area contributed by atoms with E-state index >= 15 is 0 Å². The van der Waals surface area contributed by atoms with Gasteiger partial charge in [0.05, 0.1) is 5.75 Å². The zero-order valence-electron chi connectivity index (χ0n) is 16.1. The standard InChI is InChI=1S/C20H27NO5S/c1-13(2)16-9-8-14(3)10-18(16)26-19(22)11-21-20(23)17-7-5-4-6-15(17)12-27(21,24)25/h4-7,13-14,16,18H,8-12H2,1-3H3. The number of nitrogens with zero attached hydrogens (tertiary/aromatic N) is 1. The van der Waals surface area contributed by atoms with Crippen molar-refractivity contribution >= 4 is 21.9 Å². The van der Waals surface area contributed by atoms with E-state index in [0.29, 0.717) is 27.3 Å². The van der Waals surface area contributed by atoms with Gasteiger partial charge in [-0.3, -0.25) is 9.59 Å². The molecule has 1 amide bonds. The first kappa shape index (κ1) is 19.9. The molecule has 1 aliphatic carbocycles. The number of carbonyl (C=O) groups excluding carboxylic acids is 2. The van der Waals surface area contributed by atoms with Crippen LogP contribution in [0.3, 0.4) is 0 Å². The third kappa shape index (κ3) is 4.18. The molecule has 148 valence electrons. The number of carbonyl (C=O) groups is 2. The Kier molecular flexibility index (Phi) is 5.60. The Morgan fingerprint density at radius 1 is 1.26 bits per heavy atom. The Labute approximate surface area is 160 Å². The maximum absolute atomic E-state index is 12.6. The molecule has 0 radical (unpaired) electrons. The fraction of sp³-hybridized carbons (Fsp3) is 0.600. The molecule has 1 aromatic rings. The lowest BCUT2D eigenvalue weighted by Crippen LogP contribution is -2.46. The maximum Gasteiger partial charge on any atom is 0.327 e. The van der Waals surface area contributed by atoms with Gasteiger partial charge < -0.3 is 4.74 Å². The number of esters is 1. The number of rotatable bonds is 4. The first-order valence-electron chi connectivity index (χ1n) is 9.51. The zero-order valence-corrected chi connectivity index (χ0v) is 16.9. The molecule has 2 aliphatic rings. The molecule has 7 heteroatoms. The van der Waals surface area contributed by atoms with Crippen molar-refractivity contribution in [3.63, 3.8) is 0 Å². The fourth-order valence-electron chi connectivity index (χ4n) is 4.13. The number of fused-ring (bicyclic) bond motifs is 1. The molecular weight excluding hydrogens is 366 g/mol. The molecule has 6 nitrogen and oxygen atoms in total. The number of hydrogen-bond acceptors (Lipinski definition) is 5. The van der Waals surface area contributed by atoms with E-state index < -0.39 is 28.4 Å². The maximum atomic E-state index is 12.6. The summed E-state index contributed by atoms with van der Waals surface area (Å²) in [4.78, 5) is 25.1. The van der Waals surface area contributed by atoms with E-state index in [9.17, 15) is 18.0 Å². The Hall–Kier alpha value is -1.89. The lowest BCUT2D eigenvalue weighted by atomic mass is 9.75. The number of amides is 1. The zero-order chi connectivity index (χ0) is 19.8. The van der Waals surface area contributed by atoms with Crippen molar-refractivity contribution in [1.29, 1.82) is 0 Å². The highest BCUT2D eigenvalue weighted by molar-refractivity contribution is 7.89. The Bertz CT molecular complexity index is 833. The largest absolute Gasteiger partial charge is 0.461 e. The molecule has 1 aromatic carbocycles. The van der Waals surface area contributed by atoms with Gasteiger partial charge in [-0.1, -0.05) is 45.4 Å². The molecular formula is C20H27NO5S. The molecule has 3 rings (SSSR count). The van der Waals surface area contributed by atoms with Gasteiger partial charge in [-0.25, -0.2) is 12.7 Å². The van der Waals surface area contributed by atoms with E-state index in [1.807, 2.05) is 0 Å². The van der Waals surface area contributed by atoms with E-state index in [2.05, 4.69) is 20.8 Å². The minimum absolute atomic E-state index is 0.226. The SMILES string of the molecule is CC1CCC(C(C)C)C(OC(=O)CN2C(=O)c3ccccc3CS2(=O)=O)C1. The predicted molar refractivity (Wildman–Crippen MR) is 101 cm³/mol. The van der Waals surface area contributed by atoms with Gasteiger partial charge in [0.25, 0.3) is 5.91 Å². The highest BCUT2D eigenvalue weighted by Crippen LogP contribution is 2.35. The van der Waals surface area contributed by atoms with Crippen molar-refractivity contribution in [1.82, 2.24) is 4.31 Å². The summed E-state index contributed by atoms with van der Waals surface area (Å²) >= 11 is 0. The number of sulfonamides is 1. The summed E-state index contributed by atoms with van der Waals surface area (Å²) < 4.78 is 31.3. The van der Waals surface area contributed by atoms with Crippen LogP contribution in [-0.2, 0) is 25.3 Å². The quantitative estimate of drug-likeness (QED) is 0.735. The van der Waals surface area contributed by atoms with Crippen molar-refractivity contribution < 1.29 is 22.7 Å². The second-order valence-corrected chi connectivity index (χ2v) is 9.97. The lowest BCUT2D eigenvalue weighted by Gasteiger charge is -2.37. The summed E-state index contributed by atoms with van der Waals surface area (Å²) in [5.74, 6) is -0.494. The first-order valence-corrected chi connectivity index (χ1v) is 11.1. The predicted octanol–water partition coefficient (Wildman–Crippen LogP) is 2.98. The van der Waals surface area contributed by atoms with Gasteiger partial charge in [0.2, 0.25) is 10.0 Å². The molecule has 3 unspecified atom stereocenters. The van der Waals surface area contributed by atoms with Crippen molar-refractivity contribution in [2.24, 2.45) is 17.8 Å². The minimum atomic E-state index is -3.88. The van der Waals surface area contributed by atoms with Crippen LogP contribution in [-0.4, -0.2) is 37.2 Å². The van der Waals surface area contributed by atoms with Crippen LogP contribution in [0.15, 0.2) is 24.3 Å². The van der Waals surface area contributed by atoms with Crippen LogP contribution in [0.2, 0.25) is 0 Å². The van der Waals surface area contributed by atoms with Gasteiger partial charge in [-0.05, 0) is 42.2 Å². The molecule has 0 N–H and O–H groups in total. The molecule has 1 fully saturated rings. The fourth-order valence-corrected chi connectivity index (χ4v) is 5.59. The van der Waals surface area contributed by atoms with Crippen LogP contribution in [0.1, 0.15) is 56.0 Å². The van der Waals surface area contributed by atoms with Crippen LogP contribution in [0, 0.1) is 17.8 Å². The van der Waals surface area contributed by atoms with Crippen molar-refractivity contribution in [2.45, 2.75) is 51.9 Å². The van der Waals surface area contributed by atoms with Crippen molar-refractivity contribution in [3.8, 4) is 0 Å². The molecule has 1 aliphatic heterocycles. The Balaban J connectivity index is 1.74. The van der Waals surface area contributed by atoms with Gasteiger partial charge >= 0.3 is 5.97 Å². The second-order valence-electron chi connectivity index (χ2n) is 8.08. The highest BCUT2D eigenvalue weighted by atomic mass is 32.2. The van der Waals surface area contributed by atoms with Crippen LogP contribution < -0.4 is 0 Å². The molecule has 0 bridgehead atoms. The van der Waals surface area contributed by atoms with E-state index in [1.165, 1.54) is 0 Å². The highest BCUT2D eigenvalue weighted by Gasteiger charge is 2.39. The number of benzene rings is 1. The van der Waals surface area contributed by atoms with Gasteiger partial charge in [-0.15, -0.1) is 0 Å². The molecule has 0 spiro atoms. The normalized spacial score (nSPS) is 27.3. The van der Waals surface area contributed by atoms with Crippen molar-refractivity contribution in [3.05, 3.63) is 35.4 Å². The average molecular weight is 394 g/mol. The Morgan fingerprint density at radius 2 is 1.96 bits per heavy atom. The smallest absolute Gasteiger partial charge is 0.327 e. The van der Waals surface area contributed by atoms with E-state index in [4.69, 9.17) is 4.74 Å². The number of ether oxygens (including phenoxy) is 1. The van der Waals surface area contributed by atoms with Gasteiger partial charge in [-0.2, -0.15) is 0 Å². The summed E-state index contributed by atoms with van der Waals surface area (Å²) in [6.45, 7) is 5.78. The molecule has 0 saturated heterocycles. The van der Waals surface area contributed by atoms with Crippen LogP contribution in [0.25, 0.3) is 0 Å². The van der Waals surface area contributed by atoms with Crippen LogP contribution in [0.5, 0.6) is 0 Å². The van der Waals surface area contributed by atoms with Crippen LogP contribution >= 0.6 is 0 Å². The van der Waals surface area contributed by atoms with Gasteiger partial charge in [0, 0.05) is 5.56 Å². The summed E-state index contributed by atoms with van der Waals surface area (Å²) in [7, 11) is -3.88. The van der Waals surface area contributed by atoms with Gasteiger partial charge in [0.15, 0.2) is 0 Å². The minimum Gasteiger partial charge on any atom is -0.461 e. The third-order valence-corrected chi connectivity index (χ3v) is 7.31.